The molecule has 2 rings (SSSR count). The fraction of sp³-hybridized carbons (Fsp3) is 0.231. The van der Waals surface area contributed by atoms with Gasteiger partial charge in [-0.2, -0.15) is 0 Å². The first kappa shape index (κ1) is 11.9. The summed E-state index contributed by atoms with van der Waals surface area (Å²) >= 11 is 6.04. The van der Waals surface area contributed by atoms with Gasteiger partial charge in [-0.15, -0.1) is 0 Å². The molecule has 0 radical (unpaired) electrons. The molecular weight excluding hydrogens is 236 g/mol. The van der Waals surface area contributed by atoms with Crippen molar-refractivity contribution in [1.29, 1.82) is 0 Å². The van der Waals surface area contributed by atoms with Gasteiger partial charge < -0.3 is 4.74 Å². The van der Waals surface area contributed by atoms with Crippen molar-refractivity contribution < 1.29 is 4.74 Å². The molecule has 1 heterocycles. The van der Waals surface area contributed by atoms with E-state index in [2.05, 4.69) is 16.9 Å². The molecule has 0 aliphatic carbocycles. The Labute approximate surface area is 105 Å². The van der Waals surface area contributed by atoms with Gasteiger partial charge in [0.25, 0.3) is 0 Å². The second-order valence-electron chi connectivity index (χ2n) is 3.54. The van der Waals surface area contributed by atoms with Crippen LogP contribution in [0.5, 0.6) is 5.75 Å². The molecule has 0 N–H and O–H groups in total. The molecule has 0 spiro atoms. The minimum Gasteiger partial charge on any atom is -0.493 e. The third-order valence-electron chi connectivity index (χ3n) is 2.26. The van der Waals surface area contributed by atoms with E-state index in [1.54, 1.807) is 12.4 Å². The van der Waals surface area contributed by atoms with Gasteiger partial charge in [-0.05, 0) is 18.6 Å². The zero-order valence-electron chi connectivity index (χ0n) is 9.56. The van der Waals surface area contributed by atoms with Gasteiger partial charge in [0, 0.05) is 18.0 Å². The van der Waals surface area contributed by atoms with Crippen molar-refractivity contribution in [3.8, 4) is 17.0 Å². The molecule has 0 bridgehead atoms. The minimum atomic E-state index is 0.389. The first-order valence-electron chi connectivity index (χ1n) is 5.51. The standard InChI is InChI=1S/C13H13ClN2O/c1-2-9-17-11-6-4-3-5-10(11)12-13(14)16-8-7-15-12/h3-8H,2,9H2,1H3. The Hall–Kier alpha value is -1.61. The second-order valence-corrected chi connectivity index (χ2v) is 3.90. The van der Waals surface area contributed by atoms with Gasteiger partial charge in [-0.1, -0.05) is 30.7 Å². The van der Waals surface area contributed by atoms with Crippen LogP contribution < -0.4 is 4.74 Å². The summed E-state index contributed by atoms with van der Waals surface area (Å²) in [6, 6.07) is 7.70. The number of halogens is 1. The molecule has 0 aliphatic heterocycles. The van der Waals surface area contributed by atoms with Crippen molar-refractivity contribution in [1.82, 2.24) is 9.97 Å². The Morgan fingerprint density at radius 1 is 1.18 bits per heavy atom. The molecular formula is C13H13ClN2O. The quantitative estimate of drug-likeness (QED) is 0.830. The van der Waals surface area contributed by atoms with Crippen molar-refractivity contribution in [3.05, 3.63) is 41.8 Å². The third-order valence-corrected chi connectivity index (χ3v) is 2.53. The predicted molar refractivity (Wildman–Crippen MR) is 68.3 cm³/mol. The van der Waals surface area contributed by atoms with E-state index in [9.17, 15) is 0 Å². The number of aromatic nitrogens is 2. The highest BCUT2D eigenvalue weighted by molar-refractivity contribution is 6.31. The van der Waals surface area contributed by atoms with E-state index in [4.69, 9.17) is 16.3 Å². The van der Waals surface area contributed by atoms with Gasteiger partial charge in [0.15, 0.2) is 5.15 Å². The largest absolute Gasteiger partial charge is 0.493 e. The number of hydrogen-bond donors (Lipinski definition) is 0. The number of nitrogens with zero attached hydrogens (tertiary/aromatic N) is 2. The maximum absolute atomic E-state index is 6.04. The van der Waals surface area contributed by atoms with E-state index in [-0.39, 0.29) is 0 Å². The van der Waals surface area contributed by atoms with Crippen LogP contribution in [-0.2, 0) is 0 Å². The first-order chi connectivity index (χ1) is 8.33. The summed E-state index contributed by atoms with van der Waals surface area (Å²) in [5, 5.41) is 0.389. The maximum atomic E-state index is 6.04. The lowest BCUT2D eigenvalue weighted by Gasteiger charge is -2.10. The van der Waals surface area contributed by atoms with Crippen molar-refractivity contribution in [2.75, 3.05) is 6.61 Å². The van der Waals surface area contributed by atoms with Crippen molar-refractivity contribution in [3.63, 3.8) is 0 Å². The highest BCUT2D eigenvalue weighted by Crippen LogP contribution is 2.31. The molecule has 4 heteroatoms. The maximum Gasteiger partial charge on any atom is 0.155 e. The fourth-order valence-electron chi connectivity index (χ4n) is 1.50. The number of hydrogen-bond acceptors (Lipinski definition) is 3. The molecule has 0 saturated heterocycles. The topological polar surface area (TPSA) is 35.0 Å². The van der Waals surface area contributed by atoms with E-state index in [1.165, 1.54) is 0 Å². The summed E-state index contributed by atoms with van der Waals surface area (Å²) in [5.41, 5.74) is 1.53. The van der Waals surface area contributed by atoms with Crippen molar-refractivity contribution >= 4 is 11.6 Å². The van der Waals surface area contributed by atoms with Gasteiger partial charge in [-0.25, -0.2) is 4.98 Å². The summed E-state index contributed by atoms with van der Waals surface area (Å²) in [6.45, 7) is 2.74. The highest BCUT2D eigenvalue weighted by atomic mass is 35.5. The zero-order chi connectivity index (χ0) is 12.1. The van der Waals surface area contributed by atoms with Crippen LogP contribution in [0.15, 0.2) is 36.7 Å². The summed E-state index contributed by atoms with van der Waals surface area (Å²) in [6.07, 6.45) is 4.15. The number of para-hydroxylation sites is 1. The normalized spacial score (nSPS) is 10.2. The van der Waals surface area contributed by atoms with E-state index >= 15 is 0 Å². The average Bonchev–Trinajstić information content (AvgIpc) is 2.37. The van der Waals surface area contributed by atoms with Crippen molar-refractivity contribution in [2.45, 2.75) is 13.3 Å². The van der Waals surface area contributed by atoms with Gasteiger partial charge in [0.1, 0.15) is 11.4 Å². The Morgan fingerprint density at radius 3 is 2.71 bits per heavy atom. The van der Waals surface area contributed by atoms with Gasteiger partial charge >= 0.3 is 0 Å². The highest BCUT2D eigenvalue weighted by Gasteiger charge is 2.10. The Kier molecular flexibility index (Phi) is 3.94. The van der Waals surface area contributed by atoms with E-state index in [0.29, 0.717) is 17.5 Å². The lowest BCUT2D eigenvalue weighted by atomic mass is 10.1. The zero-order valence-corrected chi connectivity index (χ0v) is 10.3. The summed E-state index contributed by atoms with van der Waals surface area (Å²) < 4.78 is 5.67. The van der Waals surface area contributed by atoms with Crippen LogP contribution in [0.25, 0.3) is 11.3 Å². The van der Waals surface area contributed by atoms with Crippen LogP contribution in [0.1, 0.15) is 13.3 Å². The van der Waals surface area contributed by atoms with Crippen LogP contribution in [0.3, 0.4) is 0 Å². The van der Waals surface area contributed by atoms with E-state index in [1.807, 2.05) is 24.3 Å². The van der Waals surface area contributed by atoms with Gasteiger partial charge in [-0.3, -0.25) is 4.98 Å². The molecule has 0 aliphatic rings. The fourth-order valence-corrected chi connectivity index (χ4v) is 1.71. The summed E-state index contributed by atoms with van der Waals surface area (Å²) in [5.74, 6) is 0.789. The Balaban J connectivity index is 2.41. The Bertz CT molecular complexity index is 502. The number of benzene rings is 1. The lowest BCUT2D eigenvalue weighted by Crippen LogP contribution is -1.98. The van der Waals surface area contributed by atoms with Crippen LogP contribution in [0, 0.1) is 0 Å². The molecule has 0 fully saturated rings. The average molecular weight is 249 g/mol. The second kappa shape index (κ2) is 5.64. The summed E-state index contributed by atoms with van der Waals surface area (Å²) in [4.78, 5) is 8.27. The third kappa shape index (κ3) is 2.74. The minimum absolute atomic E-state index is 0.389. The number of rotatable bonds is 4. The Morgan fingerprint density at radius 2 is 1.94 bits per heavy atom. The molecule has 1 aromatic heterocycles. The molecule has 0 amide bonds. The molecule has 2 aromatic rings. The van der Waals surface area contributed by atoms with Crippen LogP contribution >= 0.6 is 11.6 Å². The SMILES string of the molecule is CCCOc1ccccc1-c1nccnc1Cl. The van der Waals surface area contributed by atoms with Gasteiger partial charge in [0.2, 0.25) is 0 Å². The van der Waals surface area contributed by atoms with Crippen molar-refractivity contribution in [2.24, 2.45) is 0 Å². The molecule has 0 atom stereocenters. The lowest BCUT2D eigenvalue weighted by molar-refractivity contribution is 0.318. The summed E-state index contributed by atoms with van der Waals surface area (Å²) in [7, 11) is 0. The smallest absolute Gasteiger partial charge is 0.155 e. The van der Waals surface area contributed by atoms with Crippen LogP contribution in [0.2, 0.25) is 5.15 Å². The molecule has 17 heavy (non-hydrogen) atoms. The van der Waals surface area contributed by atoms with E-state index in [0.717, 1.165) is 17.7 Å². The molecule has 0 saturated carbocycles. The predicted octanol–water partition coefficient (Wildman–Crippen LogP) is 3.59. The van der Waals surface area contributed by atoms with Crippen LogP contribution in [-0.4, -0.2) is 16.6 Å². The van der Waals surface area contributed by atoms with Gasteiger partial charge in [0.05, 0.1) is 6.61 Å². The van der Waals surface area contributed by atoms with Crippen LogP contribution in [0.4, 0.5) is 0 Å². The first-order valence-corrected chi connectivity index (χ1v) is 5.89. The molecule has 88 valence electrons. The van der Waals surface area contributed by atoms with E-state index < -0.39 is 0 Å². The molecule has 3 nitrogen and oxygen atoms in total. The molecule has 1 aromatic carbocycles. The monoisotopic (exact) mass is 248 g/mol. The number of ether oxygens (including phenoxy) is 1. The molecule has 0 unspecified atom stereocenters.